The van der Waals surface area contributed by atoms with Crippen molar-refractivity contribution < 1.29 is 33.0 Å². The average Bonchev–Trinajstić information content (AvgIpc) is 3.47. The maximum absolute atomic E-state index is 15.1. The molecule has 0 aliphatic carbocycles. The van der Waals surface area contributed by atoms with Crippen molar-refractivity contribution >= 4 is 41.1 Å². The maximum atomic E-state index is 15.1. The van der Waals surface area contributed by atoms with E-state index in [1.807, 2.05) is 6.07 Å². The highest BCUT2D eigenvalue weighted by atomic mass is 19.1. The van der Waals surface area contributed by atoms with Gasteiger partial charge in [0, 0.05) is 42.4 Å². The van der Waals surface area contributed by atoms with Crippen LogP contribution < -0.4 is 19.7 Å². The molecule has 1 N–H and O–H groups in total. The molecule has 0 unspecified atom stereocenters. The van der Waals surface area contributed by atoms with Gasteiger partial charge in [0.25, 0.3) is 5.91 Å². The molecule has 0 spiro atoms. The van der Waals surface area contributed by atoms with Crippen molar-refractivity contribution in [3.63, 3.8) is 0 Å². The monoisotopic (exact) mass is 546 g/mol. The van der Waals surface area contributed by atoms with Gasteiger partial charge in [-0.1, -0.05) is 0 Å². The number of methoxy groups -OCH3 is 2. The molecule has 0 saturated carbocycles. The van der Waals surface area contributed by atoms with E-state index >= 15 is 4.39 Å². The third kappa shape index (κ3) is 5.31. The summed E-state index contributed by atoms with van der Waals surface area (Å²) in [7, 11) is 3.09. The van der Waals surface area contributed by atoms with Crippen LogP contribution in [0, 0.1) is 5.82 Å². The molecule has 3 aromatic rings. The van der Waals surface area contributed by atoms with Gasteiger partial charge in [0.1, 0.15) is 29.2 Å². The summed E-state index contributed by atoms with van der Waals surface area (Å²) >= 11 is 0. The number of nitrogens with zero attached hydrogens (tertiary/aromatic N) is 3. The van der Waals surface area contributed by atoms with Crippen molar-refractivity contribution in [2.24, 2.45) is 0 Å². The minimum absolute atomic E-state index is 0.129. The lowest BCUT2D eigenvalue weighted by atomic mass is 10.0. The van der Waals surface area contributed by atoms with E-state index in [0.29, 0.717) is 34.1 Å². The van der Waals surface area contributed by atoms with Gasteiger partial charge in [0.15, 0.2) is 0 Å². The minimum Gasteiger partial charge on any atom is -0.497 e. The highest BCUT2D eigenvalue weighted by molar-refractivity contribution is 6.34. The van der Waals surface area contributed by atoms with Gasteiger partial charge in [-0.3, -0.25) is 14.5 Å². The summed E-state index contributed by atoms with van der Waals surface area (Å²) in [5, 5.41) is 2.65. The number of ether oxygens (including phenoxy) is 3. The first-order chi connectivity index (χ1) is 19.3. The van der Waals surface area contributed by atoms with Crippen LogP contribution in [-0.4, -0.2) is 61.2 Å². The van der Waals surface area contributed by atoms with Gasteiger partial charge in [0.05, 0.1) is 38.6 Å². The Balaban J connectivity index is 1.30. The van der Waals surface area contributed by atoms with Crippen molar-refractivity contribution in [2.45, 2.75) is 19.6 Å². The molecule has 10 nitrogen and oxygen atoms in total. The SMILES string of the molecule is COc1ccc(CN(C[C@H]2CN(c3ccc(C=C4C(=O)Nc5ncccc54)c(F)c3)C(=O)O2)C(C)=O)c(OC)c1. The van der Waals surface area contributed by atoms with E-state index in [0.717, 1.165) is 5.56 Å². The summed E-state index contributed by atoms with van der Waals surface area (Å²) in [4.78, 5) is 44.5. The molecule has 1 aromatic heterocycles. The Morgan fingerprint density at radius 2 is 2.02 bits per heavy atom. The zero-order valence-electron chi connectivity index (χ0n) is 22.1. The fraction of sp³-hybridized carbons (Fsp3) is 0.241. The highest BCUT2D eigenvalue weighted by Gasteiger charge is 2.34. The zero-order valence-corrected chi connectivity index (χ0v) is 22.1. The summed E-state index contributed by atoms with van der Waals surface area (Å²) in [6, 6.07) is 13.0. The first kappa shape index (κ1) is 26.7. The second-order valence-electron chi connectivity index (χ2n) is 9.31. The van der Waals surface area contributed by atoms with Crippen LogP contribution in [0.2, 0.25) is 0 Å². The van der Waals surface area contributed by atoms with Crippen LogP contribution in [0.25, 0.3) is 11.6 Å². The number of hydrogen-bond donors (Lipinski definition) is 1. The van der Waals surface area contributed by atoms with Crippen LogP contribution in [0.5, 0.6) is 11.5 Å². The van der Waals surface area contributed by atoms with E-state index in [1.54, 1.807) is 48.5 Å². The maximum Gasteiger partial charge on any atom is 0.414 e. The highest BCUT2D eigenvalue weighted by Crippen LogP contribution is 2.33. The predicted octanol–water partition coefficient (Wildman–Crippen LogP) is 4.10. The first-order valence-electron chi connectivity index (χ1n) is 12.5. The molecule has 0 radical (unpaired) electrons. The van der Waals surface area contributed by atoms with E-state index in [9.17, 15) is 14.4 Å². The molecule has 2 aromatic carbocycles. The van der Waals surface area contributed by atoms with Crippen molar-refractivity contribution in [3.05, 3.63) is 77.2 Å². The average molecular weight is 547 g/mol. The molecule has 1 fully saturated rings. The summed E-state index contributed by atoms with van der Waals surface area (Å²) in [5.41, 5.74) is 2.14. The quantitative estimate of drug-likeness (QED) is 0.424. The van der Waals surface area contributed by atoms with Crippen LogP contribution in [0.4, 0.5) is 20.7 Å². The Morgan fingerprint density at radius 3 is 2.75 bits per heavy atom. The molecule has 1 saturated heterocycles. The summed E-state index contributed by atoms with van der Waals surface area (Å²) in [5.74, 6) is 0.429. The zero-order chi connectivity index (χ0) is 28.4. The predicted molar refractivity (Wildman–Crippen MR) is 145 cm³/mol. The van der Waals surface area contributed by atoms with E-state index < -0.39 is 18.0 Å². The number of fused-ring (bicyclic) bond motifs is 1. The Bertz CT molecular complexity index is 1520. The molecule has 3 heterocycles. The lowest BCUT2D eigenvalue weighted by Gasteiger charge is -2.24. The van der Waals surface area contributed by atoms with Gasteiger partial charge in [-0.25, -0.2) is 14.2 Å². The molecule has 11 heteroatoms. The van der Waals surface area contributed by atoms with Crippen LogP contribution in [0.15, 0.2) is 54.7 Å². The van der Waals surface area contributed by atoms with Gasteiger partial charge in [0.2, 0.25) is 5.91 Å². The molecule has 2 aliphatic heterocycles. The Morgan fingerprint density at radius 1 is 1.20 bits per heavy atom. The molecule has 40 heavy (non-hydrogen) atoms. The lowest BCUT2D eigenvalue weighted by molar-refractivity contribution is -0.130. The van der Waals surface area contributed by atoms with E-state index in [2.05, 4.69) is 10.3 Å². The Labute approximate surface area is 230 Å². The number of amides is 3. The number of pyridine rings is 1. The third-order valence-electron chi connectivity index (χ3n) is 6.77. The number of rotatable bonds is 8. The van der Waals surface area contributed by atoms with Crippen molar-refractivity contribution in [3.8, 4) is 11.5 Å². The molecule has 0 bridgehead atoms. The summed E-state index contributed by atoms with van der Waals surface area (Å²) in [6.45, 7) is 1.94. The molecule has 2 aliphatic rings. The van der Waals surface area contributed by atoms with E-state index in [1.165, 1.54) is 37.1 Å². The van der Waals surface area contributed by atoms with E-state index in [-0.39, 0.29) is 37.0 Å². The number of hydrogen-bond acceptors (Lipinski definition) is 7. The van der Waals surface area contributed by atoms with Crippen LogP contribution in [0.1, 0.15) is 23.6 Å². The van der Waals surface area contributed by atoms with Crippen molar-refractivity contribution in [1.29, 1.82) is 0 Å². The number of anilines is 2. The second kappa shape index (κ2) is 11.0. The van der Waals surface area contributed by atoms with E-state index in [4.69, 9.17) is 14.2 Å². The van der Waals surface area contributed by atoms with Gasteiger partial charge in [-0.05, 0) is 48.5 Å². The Hall–Kier alpha value is -4.93. The lowest BCUT2D eigenvalue weighted by Crippen LogP contribution is -2.37. The summed E-state index contributed by atoms with van der Waals surface area (Å²) in [6.07, 6.45) is 1.74. The Kier molecular flexibility index (Phi) is 7.37. The standard InChI is InChI=1S/C29H27FN4O6/c1-17(35)33(14-19-7-9-21(38-2)13-26(19)39-3)15-22-16-34(29(37)40-22)20-8-6-18(25(30)12-20)11-24-23-5-4-10-31-27(23)32-28(24)36/h4-13,22H,14-16H2,1-3H3,(H,31,32,36)/t22-/m0/s1. The fourth-order valence-electron chi connectivity index (χ4n) is 4.69. The minimum atomic E-state index is -0.642. The number of halogens is 1. The normalized spacial score (nSPS) is 16.9. The molecule has 3 amide bonds. The topological polar surface area (TPSA) is 110 Å². The van der Waals surface area contributed by atoms with Crippen molar-refractivity contribution in [2.75, 3.05) is 37.5 Å². The second-order valence-corrected chi connectivity index (χ2v) is 9.31. The number of cyclic esters (lactones) is 1. The van der Waals surface area contributed by atoms with Gasteiger partial charge < -0.3 is 24.4 Å². The van der Waals surface area contributed by atoms with Crippen LogP contribution in [-0.2, 0) is 20.9 Å². The smallest absolute Gasteiger partial charge is 0.414 e. The number of carbonyl (C=O) groups is 3. The number of nitrogens with one attached hydrogen (secondary N) is 1. The summed E-state index contributed by atoms with van der Waals surface area (Å²) < 4.78 is 31.3. The number of aromatic nitrogens is 1. The number of benzene rings is 2. The number of carbonyl (C=O) groups excluding carboxylic acids is 3. The van der Waals surface area contributed by atoms with Gasteiger partial charge in [-0.2, -0.15) is 0 Å². The van der Waals surface area contributed by atoms with Gasteiger partial charge in [-0.15, -0.1) is 0 Å². The first-order valence-corrected chi connectivity index (χ1v) is 12.5. The van der Waals surface area contributed by atoms with Crippen molar-refractivity contribution in [1.82, 2.24) is 9.88 Å². The van der Waals surface area contributed by atoms with Gasteiger partial charge >= 0.3 is 6.09 Å². The third-order valence-corrected chi connectivity index (χ3v) is 6.77. The largest absolute Gasteiger partial charge is 0.497 e. The molecule has 1 atom stereocenters. The fourth-order valence-corrected chi connectivity index (χ4v) is 4.69. The van der Waals surface area contributed by atoms with Crippen LogP contribution >= 0.6 is 0 Å². The molecular formula is C29H27FN4O6. The molecule has 5 rings (SSSR count). The van der Waals surface area contributed by atoms with Crippen LogP contribution in [0.3, 0.4) is 0 Å². The molecular weight excluding hydrogens is 519 g/mol. The molecule has 206 valence electrons.